The number of anilines is 2. The lowest BCUT2D eigenvalue weighted by Gasteiger charge is -2.31. The fourth-order valence-electron chi connectivity index (χ4n) is 6.02. The van der Waals surface area contributed by atoms with Crippen LogP contribution in [0.4, 0.5) is 25.1 Å². The highest BCUT2D eigenvalue weighted by Crippen LogP contribution is 2.30. The van der Waals surface area contributed by atoms with E-state index in [4.69, 9.17) is 30.1 Å². The minimum absolute atomic E-state index is 0.00231. The molecule has 0 atom stereocenters. The summed E-state index contributed by atoms with van der Waals surface area (Å²) >= 11 is 5.95. The number of aromatic nitrogens is 8. The highest BCUT2D eigenvalue weighted by molar-refractivity contribution is 6.32. The van der Waals surface area contributed by atoms with E-state index >= 15 is 0 Å². The molecule has 6 heterocycles. The molecule has 2 saturated heterocycles. The van der Waals surface area contributed by atoms with E-state index in [0.29, 0.717) is 80.9 Å². The number of hydrogen-bond acceptors (Lipinski definition) is 14. The van der Waals surface area contributed by atoms with Crippen LogP contribution >= 0.6 is 11.6 Å². The van der Waals surface area contributed by atoms with Crippen molar-refractivity contribution < 1.29 is 31.7 Å². The predicted molar refractivity (Wildman–Crippen MR) is 195 cm³/mol. The van der Waals surface area contributed by atoms with Crippen LogP contribution in [-0.2, 0) is 14.1 Å². The average molecular weight is 795 g/mol. The standard InChI is InChI=1S/C18H17ClFN5O3.C18H17F2N5O3/c1-24-15(26)6-5-13(22-24)17-21-18(23-28-17)25-9-7-11(8-10-25)27-14-4-2-3-12(20)16(14)19;1-24-16(26)3-2-15(22-24)17-21-18(23-28-17)25-6-4-13(5-7-25)27-14-9-11(19)8-12(20)10-14/h2-6,11H,7-10H2,1H3;2-3,8-10,13H,4-7H2,1H3. The maximum absolute atomic E-state index is 13.5. The first-order valence-corrected chi connectivity index (χ1v) is 17.9. The molecule has 0 saturated carbocycles. The van der Waals surface area contributed by atoms with Gasteiger partial charge in [0.05, 0.1) is 0 Å². The van der Waals surface area contributed by atoms with Gasteiger partial charge in [0.2, 0.25) is 0 Å². The third-order valence-electron chi connectivity index (χ3n) is 8.99. The summed E-state index contributed by atoms with van der Waals surface area (Å²) in [6.07, 6.45) is 2.45. The molecule has 4 aromatic heterocycles. The van der Waals surface area contributed by atoms with Crippen molar-refractivity contribution in [2.75, 3.05) is 36.0 Å². The van der Waals surface area contributed by atoms with Crippen LogP contribution in [0.25, 0.3) is 23.2 Å². The number of rotatable bonds is 8. The second-order valence-corrected chi connectivity index (χ2v) is 13.3. The molecule has 6 aromatic rings. The van der Waals surface area contributed by atoms with E-state index in [1.54, 1.807) is 32.3 Å². The van der Waals surface area contributed by atoms with Crippen LogP contribution in [0.2, 0.25) is 5.02 Å². The highest BCUT2D eigenvalue weighted by atomic mass is 35.5. The lowest BCUT2D eigenvalue weighted by Crippen LogP contribution is -2.38. The summed E-state index contributed by atoms with van der Waals surface area (Å²) in [7, 11) is 3.09. The normalized spacial score (nSPS) is 15.0. The van der Waals surface area contributed by atoms with Gasteiger partial charge in [0.1, 0.15) is 57.6 Å². The van der Waals surface area contributed by atoms with Crippen molar-refractivity contribution in [2.45, 2.75) is 37.9 Å². The molecule has 0 amide bonds. The minimum Gasteiger partial charge on any atom is -0.490 e. The molecule has 292 valence electrons. The zero-order valence-electron chi connectivity index (χ0n) is 30.0. The molecule has 56 heavy (non-hydrogen) atoms. The van der Waals surface area contributed by atoms with Gasteiger partial charge in [0.25, 0.3) is 34.8 Å². The van der Waals surface area contributed by atoms with E-state index < -0.39 is 17.5 Å². The molecular weight excluding hydrogens is 761 g/mol. The number of halogens is 4. The van der Waals surface area contributed by atoms with Crippen molar-refractivity contribution in [2.24, 2.45) is 14.1 Å². The summed E-state index contributed by atoms with van der Waals surface area (Å²) in [5.74, 6) is 0.0327. The monoisotopic (exact) mass is 794 g/mol. The first-order chi connectivity index (χ1) is 27.0. The van der Waals surface area contributed by atoms with Gasteiger partial charge in [0, 0.05) is 96.3 Å². The van der Waals surface area contributed by atoms with Crippen molar-refractivity contribution in [3.8, 4) is 34.7 Å². The summed E-state index contributed by atoms with van der Waals surface area (Å²) in [4.78, 5) is 35.5. The van der Waals surface area contributed by atoms with Gasteiger partial charge >= 0.3 is 0 Å². The molecular formula is C36H34ClF3N10O6. The quantitative estimate of drug-likeness (QED) is 0.205. The Morgan fingerprint density at radius 1 is 0.679 bits per heavy atom. The Hall–Kier alpha value is -6.24. The molecule has 2 fully saturated rings. The second-order valence-electron chi connectivity index (χ2n) is 12.9. The van der Waals surface area contributed by atoms with Gasteiger partial charge < -0.3 is 28.3 Å². The van der Waals surface area contributed by atoms with Gasteiger partial charge in [0.15, 0.2) is 0 Å². The number of piperidine rings is 2. The number of aryl methyl sites for hydroxylation is 2. The molecule has 0 unspecified atom stereocenters. The predicted octanol–water partition coefficient (Wildman–Crippen LogP) is 4.83. The molecule has 0 N–H and O–H groups in total. The largest absolute Gasteiger partial charge is 0.490 e. The average Bonchev–Trinajstić information content (AvgIpc) is 3.88. The van der Waals surface area contributed by atoms with Gasteiger partial charge in [-0.15, -0.1) is 0 Å². The van der Waals surface area contributed by atoms with Crippen LogP contribution in [0.5, 0.6) is 11.5 Å². The molecule has 16 nitrogen and oxygen atoms in total. The van der Waals surface area contributed by atoms with Crippen LogP contribution < -0.4 is 30.4 Å². The van der Waals surface area contributed by atoms with Crippen LogP contribution in [0, 0.1) is 17.5 Å². The van der Waals surface area contributed by atoms with E-state index in [-0.39, 0.29) is 45.9 Å². The van der Waals surface area contributed by atoms with Crippen LogP contribution in [-0.4, -0.2) is 78.2 Å². The molecule has 2 aliphatic heterocycles. The molecule has 0 aliphatic carbocycles. The van der Waals surface area contributed by atoms with Crippen LogP contribution in [0.15, 0.2) is 79.3 Å². The number of benzene rings is 2. The maximum atomic E-state index is 13.5. The summed E-state index contributed by atoms with van der Waals surface area (Å²) in [5.41, 5.74) is 0.389. The van der Waals surface area contributed by atoms with Crippen molar-refractivity contribution >= 4 is 23.5 Å². The molecule has 2 aromatic carbocycles. The van der Waals surface area contributed by atoms with Gasteiger partial charge in [-0.3, -0.25) is 9.59 Å². The lowest BCUT2D eigenvalue weighted by molar-refractivity contribution is 0.169. The van der Waals surface area contributed by atoms with E-state index in [1.807, 2.05) is 9.80 Å². The van der Waals surface area contributed by atoms with E-state index in [9.17, 15) is 22.8 Å². The van der Waals surface area contributed by atoms with Crippen molar-refractivity contribution in [1.29, 1.82) is 0 Å². The summed E-state index contributed by atoms with van der Waals surface area (Å²) in [6.45, 7) is 2.50. The Kier molecular flexibility index (Phi) is 11.3. The minimum atomic E-state index is -0.668. The molecule has 20 heteroatoms. The third-order valence-corrected chi connectivity index (χ3v) is 9.35. The van der Waals surface area contributed by atoms with Crippen LogP contribution in [0.3, 0.4) is 0 Å². The fourth-order valence-corrected chi connectivity index (χ4v) is 6.19. The van der Waals surface area contributed by atoms with E-state index in [0.717, 1.165) is 6.07 Å². The van der Waals surface area contributed by atoms with Gasteiger partial charge in [-0.05, 0) is 34.6 Å². The Balaban J connectivity index is 0.000000172. The van der Waals surface area contributed by atoms with E-state index in [1.165, 1.54) is 45.8 Å². The summed E-state index contributed by atoms with van der Waals surface area (Å²) < 4.78 is 64.5. The molecule has 0 radical (unpaired) electrons. The first-order valence-electron chi connectivity index (χ1n) is 17.5. The van der Waals surface area contributed by atoms with E-state index in [2.05, 4.69) is 30.5 Å². The topological polar surface area (TPSA) is 173 Å². The Morgan fingerprint density at radius 2 is 1.16 bits per heavy atom. The van der Waals surface area contributed by atoms with Gasteiger partial charge in [-0.2, -0.15) is 20.2 Å². The lowest BCUT2D eigenvalue weighted by atomic mass is 10.1. The third kappa shape index (κ3) is 8.99. The van der Waals surface area contributed by atoms with Gasteiger partial charge in [-0.1, -0.05) is 17.7 Å². The molecule has 8 rings (SSSR count). The smallest absolute Gasteiger partial charge is 0.279 e. The Bertz CT molecular complexity index is 2400. The second kappa shape index (κ2) is 16.6. The Labute approximate surface area is 321 Å². The zero-order valence-corrected chi connectivity index (χ0v) is 30.8. The number of hydrogen-bond donors (Lipinski definition) is 0. The summed E-state index contributed by atoms with van der Waals surface area (Å²) in [5, 5.41) is 16.2. The first kappa shape index (κ1) is 38.1. The highest BCUT2D eigenvalue weighted by Gasteiger charge is 2.27. The van der Waals surface area contributed by atoms with Crippen molar-refractivity contribution in [1.82, 2.24) is 39.8 Å². The van der Waals surface area contributed by atoms with Crippen molar-refractivity contribution in [3.05, 3.63) is 104 Å². The molecule has 0 bridgehead atoms. The van der Waals surface area contributed by atoms with Crippen molar-refractivity contribution in [3.63, 3.8) is 0 Å². The Morgan fingerprint density at radius 3 is 1.64 bits per heavy atom. The number of ether oxygens (including phenoxy) is 2. The number of nitrogens with zero attached hydrogens (tertiary/aromatic N) is 10. The maximum Gasteiger partial charge on any atom is 0.279 e. The molecule has 2 aliphatic rings. The SMILES string of the molecule is Cn1nc(-c2nc(N3CCC(Oc4cc(F)cc(F)c4)CC3)no2)ccc1=O.Cn1nc(-c2nc(N3CCC(Oc4cccc(F)c4Cl)CC3)no2)ccc1=O. The summed E-state index contributed by atoms with van der Waals surface area (Å²) in [6, 6.07) is 13.5. The molecule has 0 spiro atoms. The van der Waals surface area contributed by atoms with Gasteiger partial charge in [-0.25, -0.2) is 22.5 Å². The fraction of sp³-hybridized carbons (Fsp3) is 0.333. The van der Waals surface area contributed by atoms with Crippen LogP contribution in [0.1, 0.15) is 25.7 Å². The zero-order chi connectivity index (χ0) is 39.3.